The second-order valence-electron chi connectivity index (χ2n) is 6.07. The van der Waals surface area contributed by atoms with Gasteiger partial charge in [-0.3, -0.25) is 14.6 Å². The van der Waals surface area contributed by atoms with Crippen LogP contribution in [0.2, 0.25) is 5.02 Å². The van der Waals surface area contributed by atoms with Crippen molar-refractivity contribution in [1.82, 2.24) is 10.3 Å². The zero-order valence-electron chi connectivity index (χ0n) is 13.5. The Morgan fingerprint density at radius 1 is 1.17 bits per heavy atom. The molecule has 2 N–H and O–H groups in total. The lowest BCUT2D eigenvalue weighted by atomic mass is 10.1. The second-order valence-corrected chi connectivity index (χ2v) is 6.48. The summed E-state index contributed by atoms with van der Waals surface area (Å²) in [6.45, 7) is 3.81. The van der Waals surface area contributed by atoms with Gasteiger partial charge in [0.2, 0.25) is 0 Å². The Morgan fingerprint density at radius 2 is 1.92 bits per heavy atom. The van der Waals surface area contributed by atoms with Crippen molar-refractivity contribution >= 4 is 29.1 Å². The number of carbonyl (C=O) groups excluding carboxylic acids is 2. The number of nitrogens with one attached hydrogen (secondary N) is 2. The molecule has 0 unspecified atom stereocenters. The highest BCUT2D eigenvalue weighted by Gasteiger charge is 2.24. The van der Waals surface area contributed by atoms with Gasteiger partial charge in [0.1, 0.15) is 5.69 Å². The van der Waals surface area contributed by atoms with E-state index in [2.05, 4.69) is 15.6 Å². The van der Waals surface area contributed by atoms with E-state index >= 15 is 0 Å². The van der Waals surface area contributed by atoms with E-state index < -0.39 is 5.91 Å². The summed E-state index contributed by atoms with van der Waals surface area (Å²) in [6.07, 6.45) is 3.48. The third kappa shape index (κ3) is 3.74. The highest BCUT2D eigenvalue weighted by molar-refractivity contribution is 6.34. The Bertz CT molecular complexity index is 793. The van der Waals surface area contributed by atoms with Crippen LogP contribution < -0.4 is 10.6 Å². The highest BCUT2D eigenvalue weighted by Crippen LogP contribution is 2.27. The van der Waals surface area contributed by atoms with E-state index in [1.165, 1.54) is 12.3 Å². The van der Waals surface area contributed by atoms with Gasteiger partial charge >= 0.3 is 0 Å². The van der Waals surface area contributed by atoms with Gasteiger partial charge < -0.3 is 10.6 Å². The van der Waals surface area contributed by atoms with E-state index in [-0.39, 0.29) is 17.6 Å². The Balaban J connectivity index is 1.79. The van der Waals surface area contributed by atoms with Gasteiger partial charge in [0.15, 0.2) is 0 Å². The van der Waals surface area contributed by atoms with Gasteiger partial charge in [0, 0.05) is 17.8 Å². The number of amides is 2. The molecule has 1 fully saturated rings. The molecule has 1 saturated carbocycles. The summed E-state index contributed by atoms with van der Waals surface area (Å²) in [4.78, 5) is 28.6. The van der Waals surface area contributed by atoms with Crippen LogP contribution in [0.4, 0.5) is 5.69 Å². The van der Waals surface area contributed by atoms with Crippen molar-refractivity contribution in [2.24, 2.45) is 0 Å². The van der Waals surface area contributed by atoms with Crippen LogP contribution in [-0.4, -0.2) is 22.8 Å². The molecule has 2 amide bonds. The lowest BCUT2D eigenvalue weighted by Crippen LogP contribution is -2.26. The lowest BCUT2D eigenvalue weighted by molar-refractivity contribution is 0.0951. The molecule has 6 heteroatoms. The topological polar surface area (TPSA) is 71.1 Å². The number of nitrogens with zero attached hydrogens (tertiary/aromatic N) is 1. The number of halogens is 1. The predicted octanol–water partition coefficient (Wildman–Crippen LogP) is 3.50. The van der Waals surface area contributed by atoms with Gasteiger partial charge in [-0.25, -0.2) is 0 Å². The van der Waals surface area contributed by atoms with E-state index in [4.69, 9.17) is 11.6 Å². The third-order valence-electron chi connectivity index (χ3n) is 3.84. The first kappa shape index (κ1) is 16.5. The lowest BCUT2D eigenvalue weighted by Gasteiger charge is -2.11. The molecule has 1 heterocycles. The van der Waals surface area contributed by atoms with E-state index in [9.17, 15) is 9.59 Å². The standard InChI is InChI=1S/C18H18ClN3O2/c1-10-7-11(2)16(14(19)8-10)22-18(24)15-9-12(5-6-20-15)17(23)21-13-3-4-13/h5-9,13H,3-4H2,1-2H3,(H,21,23)(H,22,24). The largest absolute Gasteiger partial charge is 0.349 e. The van der Waals surface area contributed by atoms with Crippen molar-refractivity contribution in [3.8, 4) is 0 Å². The molecule has 0 atom stereocenters. The van der Waals surface area contributed by atoms with Crippen LogP contribution in [-0.2, 0) is 0 Å². The average molecular weight is 344 g/mol. The Hall–Kier alpha value is -2.40. The van der Waals surface area contributed by atoms with Gasteiger partial charge in [-0.1, -0.05) is 17.7 Å². The Kier molecular flexibility index (Phi) is 4.53. The normalized spacial score (nSPS) is 13.5. The second kappa shape index (κ2) is 6.61. The first-order valence-corrected chi connectivity index (χ1v) is 8.17. The summed E-state index contributed by atoms with van der Waals surface area (Å²) in [5.41, 5.74) is 3.05. The maximum absolute atomic E-state index is 12.4. The van der Waals surface area contributed by atoms with Crippen molar-refractivity contribution in [3.05, 3.63) is 57.9 Å². The average Bonchev–Trinajstić information content (AvgIpc) is 3.34. The minimum Gasteiger partial charge on any atom is -0.349 e. The molecule has 0 bridgehead atoms. The zero-order chi connectivity index (χ0) is 17.3. The molecule has 1 aromatic carbocycles. The third-order valence-corrected chi connectivity index (χ3v) is 4.14. The van der Waals surface area contributed by atoms with Crippen molar-refractivity contribution < 1.29 is 9.59 Å². The SMILES string of the molecule is Cc1cc(C)c(NC(=O)c2cc(C(=O)NC3CC3)ccn2)c(Cl)c1. The number of aromatic nitrogens is 1. The van der Waals surface area contributed by atoms with Crippen molar-refractivity contribution in [2.45, 2.75) is 32.7 Å². The summed E-state index contributed by atoms with van der Waals surface area (Å²) < 4.78 is 0. The molecule has 2 aromatic rings. The monoisotopic (exact) mass is 343 g/mol. The Morgan fingerprint density at radius 3 is 2.58 bits per heavy atom. The molecule has 124 valence electrons. The highest BCUT2D eigenvalue weighted by atomic mass is 35.5. The predicted molar refractivity (Wildman–Crippen MR) is 93.6 cm³/mol. The molecule has 1 aromatic heterocycles. The first-order valence-electron chi connectivity index (χ1n) is 7.79. The van der Waals surface area contributed by atoms with Crippen LogP contribution in [0.15, 0.2) is 30.5 Å². The zero-order valence-corrected chi connectivity index (χ0v) is 14.3. The fourth-order valence-electron chi connectivity index (χ4n) is 2.44. The molecule has 5 nitrogen and oxygen atoms in total. The number of carbonyl (C=O) groups is 2. The molecular weight excluding hydrogens is 326 g/mol. The van der Waals surface area contributed by atoms with Gasteiger partial charge in [0.25, 0.3) is 11.8 Å². The maximum Gasteiger partial charge on any atom is 0.274 e. The Labute approximate surface area is 145 Å². The number of rotatable bonds is 4. The minimum absolute atomic E-state index is 0.175. The molecule has 0 aliphatic heterocycles. The molecule has 3 rings (SSSR count). The van der Waals surface area contributed by atoms with Gasteiger partial charge in [0.05, 0.1) is 10.7 Å². The van der Waals surface area contributed by atoms with Crippen molar-refractivity contribution in [3.63, 3.8) is 0 Å². The smallest absolute Gasteiger partial charge is 0.274 e. The van der Waals surface area contributed by atoms with Gasteiger partial charge in [-0.05, 0) is 56.0 Å². The summed E-state index contributed by atoms with van der Waals surface area (Å²) in [7, 11) is 0. The molecule has 0 saturated heterocycles. The molecule has 0 radical (unpaired) electrons. The minimum atomic E-state index is -0.398. The summed E-state index contributed by atoms with van der Waals surface area (Å²) >= 11 is 6.21. The fraction of sp³-hybridized carbons (Fsp3) is 0.278. The number of hydrogen-bond acceptors (Lipinski definition) is 3. The van der Waals surface area contributed by atoms with Crippen LogP contribution in [0.5, 0.6) is 0 Å². The quantitative estimate of drug-likeness (QED) is 0.892. The van der Waals surface area contributed by atoms with E-state index in [0.29, 0.717) is 16.3 Å². The van der Waals surface area contributed by atoms with Crippen molar-refractivity contribution in [1.29, 1.82) is 0 Å². The first-order chi connectivity index (χ1) is 11.4. The molecule has 24 heavy (non-hydrogen) atoms. The van der Waals surface area contributed by atoms with Gasteiger partial charge in [-0.2, -0.15) is 0 Å². The van der Waals surface area contributed by atoms with Crippen LogP contribution in [0.3, 0.4) is 0 Å². The summed E-state index contributed by atoms with van der Waals surface area (Å²) in [5, 5.41) is 6.14. The van der Waals surface area contributed by atoms with Crippen molar-refractivity contribution in [2.75, 3.05) is 5.32 Å². The number of hydrogen-bond donors (Lipinski definition) is 2. The van der Waals surface area contributed by atoms with E-state index in [0.717, 1.165) is 24.0 Å². The van der Waals surface area contributed by atoms with Crippen LogP contribution in [0.25, 0.3) is 0 Å². The molecule has 1 aliphatic carbocycles. The number of aryl methyl sites for hydroxylation is 2. The van der Waals surface area contributed by atoms with Gasteiger partial charge in [-0.15, -0.1) is 0 Å². The maximum atomic E-state index is 12.4. The van der Waals surface area contributed by atoms with E-state index in [1.54, 1.807) is 12.1 Å². The van der Waals surface area contributed by atoms with Crippen LogP contribution in [0.1, 0.15) is 44.8 Å². The molecule has 1 aliphatic rings. The number of pyridine rings is 1. The van der Waals surface area contributed by atoms with E-state index in [1.807, 2.05) is 19.9 Å². The molecule has 0 spiro atoms. The summed E-state index contributed by atoms with van der Waals surface area (Å²) in [6, 6.07) is 7.08. The number of benzene rings is 1. The van der Waals surface area contributed by atoms with Crippen LogP contribution >= 0.6 is 11.6 Å². The van der Waals surface area contributed by atoms with Crippen LogP contribution in [0, 0.1) is 13.8 Å². The molecular formula is C18H18ClN3O2. The summed E-state index contributed by atoms with van der Waals surface area (Å²) in [5.74, 6) is -0.580. The number of anilines is 1. The fourth-order valence-corrected chi connectivity index (χ4v) is 2.81.